The normalized spacial score (nSPS) is 24.9. The topological polar surface area (TPSA) is 29.3 Å². The number of nitrogens with two attached hydrogens (primary N) is 1. The highest BCUT2D eigenvalue weighted by atomic mass is 32.1. The number of thiocarbonyl (C=S) groups is 1. The Labute approximate surface area is 86.2 Å². The first-order chi connectivity index (χ1) is 6.39. The van der Waals surface area contributed by atoms with Gasteiger partial charge >= 0.3 is 6.18 Å². The van der Waals surface area contributed by atoms with Gasteiger partial charge in [0.05, 0.1) is 10.9 Å². The predicted molar refractivity (Wildman–Crippen MR) is 52.0 cm³/mol. The fourth-order valence-corrected chi connectivity index (χ4v) is 1.87. The highest BCUT2D eigenvalue weighted by molar-refractivity contribution is 7.80. The van der Waals surface area contributed by atoms with E-state index in [-0.39, 0.29) is 18.0 Å². The zero-order valence-corrected chi connectivity index (χ0v) is 8.50. The van der Waals surface area contributed by atoms with Gasteiger partial charge in [-0.1, -0.05) is 12.2 Å². The van der Waals surface area contributed by atoms with Crippen LogP contribution in [0.1, 0.15) is 12.8 Å². The van der Waals surface area contributed by atoms with Crippen molar-refractivity contribution in [2.24, 2.45) is 11.7 Å². The first-order valence-corrected chi connectivity index (χ1v) is 4.88. The maximum absolute atomic E-state index is 12.4. The van der Waals surface area contributed by atoms with Crippen molar-refractivity contribution in [1.82, 2.24) is 4.90 Å². The fraction of sp³-hybridized carbons (Fsp3) is 0.875. The number of rotatable bonds is 2. The Balaban J connectivity index is 2.48. The number of nitrogens with zero attached hydrogens (tertiary/aromatic N) is 1. The maximum Gasteiger partial charge on any atom is 0.393 e. The Morgan fingerprint density at radius 2 is 2.14 bits per heavy atom. The van der Waals surface area contributed by atoms with Gasteiger partial charge in [0, 0.05) is 13.1 Å². The van der Waals surface area contributed by atoms with Gasteiger partial charge < -0.3 is 5.73 Å². The molecule has 0 saturated carbocycles. The lowest BCUT2D eigenvalue weighted by atomic mass is 9.97. The van der Waals surface area contributed by atoms with Crippen LogP contribution in [-0.4, -0.2) is 35.7 Å². The summed E-state index contributed by atoms with van der Waals surface area (Å²) in [6, 6.07) is 0. The highest BCUT2D eigenvalue weighted by Crippen LogP contribution is 2.32. The summed E-state index contributed by atoms with van der Waals surface area (Å²) >= 11 is 4.66. The van der Waals surface area contributed by atoms with Crippen LogP contribution < -0.4 is 5.73 Å². The standard InChI is InChI=1S/C8H13F3N2S/c9-8(10,11)6-2-1-3-13(4-6)5-7(12)14/h6H,1-5H2,(H2,12,14). The molecule has 1 fully saturated rings. The van der Waals surface area contributed by atoms with Gasteiger partial charge in [0.25, 0.3) is 0 Å². The minimum Gasteiger partial charge on any atom is -0.392 e. The van der Waals surface area contributed by atoms with Crippen molar-refractivity contribution in [3.05, 3.63) is 0 Å². The lowest BCUT2D eigenvalue weighted by Gasteiger charge is -2.33. The van der Waals surface area contributed by atoms with Crippen molar-refractivity contribution >= 4 is 17.2 Å². The molecule has 2 N–H and O–H groups in total. The van der Waals surface area contributed by atoms with E-state index in [1.807, 2.05) is 0 Å². The van der Waals surface area contributed by atoms with Gasteiger partial charge in [-0.15, -0.1) is 0 Å². The average molecular weight is 226 g/mol. The number of likely N-dealkylation sites (tertiary alicyclic amines) is 1. The first-order valence-electron chi connectivity index (χ1n) is 4.47. The van der Waals surface area contributed by atoms with Crippen LogP contribution in [0.3, 0.4) is 0 Å². The third-order valence-electron chi connectivity index (χ3n) is 2.35. The van der Waals surface area contributed by atoms with Crippen LogP contribution in [0.25, 0.3) is 0 Å². The van der Waals surface area contributed by atoms with Gasteiger partial charge in [-0.25, -0.2) is 0 Å². The lowest BCUT2D eigenvalue weighted by Crippen LogP contribution is -2.44. The van der Waals surface area contributed by atoms with Gasteiger partial charge in [-0.3, -0.25) is 4.90 Å². The molecule has 1 saturated heterocycles. The SMILES string of the molecule is NC(=S)CN1CCCC(C(F)(F)F)C1. The molecule has 0 amide bonds. The summed E-state index contributed by atoms with van der Waals surface area (Å²) in [5, 5.41) is 0. The summed E-state index contributed by atoms with van der Waals surface area (Å²) in [5.74, 6) is -1.22. The molecule has 1 aliphatic heterocycles. The molecule has 1 heterocycles. The molecule has 1 aliphatic rings. The van der Waals surface area contributed by atoms with E-state index in [4.69, 9.17) is 5.73 Å². The van der Waals surface area contributed by atoms with E-state index in [0.717, 1.165) is 0 Å². The summed E-state index contributed by atoms with van der Waals surface area (Å²) in [6.45, 7) is 0.979. The first kappa shape index (κ1) is 11.7. The van der Waals surface area contributed by atoms with Gasteiger partial charge in [-0.2, -0.15) is 13.2 Å². The number of piperidine rings is 1. The van der Waals surface area contributed by atoms with E-state index in [1.54, 1.807) is 4.90 Å². The van der Waals surface area contributed by atoms with E-state index < -0.39 is 12.1 Å². The van der Waals surface area contributed by atoms with E-state index in [9.17, 15) is 13.2 Å². The van der Waals surface area contributed by atoms with E-state index >= 15 is 0 Å². The summed E-state index contributed by atoms with van der Waals surface area (Å²) in [6.07, 6.45) is -3.31. The molecular weight excluding hydrogens is 213 g/mol. The molecule has 82 valence electrons. The number of hydrogen-bond donors (Lipinski definition) is 1. The Morgan fingerprint density at radius 1 is 1.50 bits per heavy atom. The second-order valence-electron chi connectivity index (χ2n) is 3.58. The Morgan fingerprint density at radius 3 is 2.64 bits per heavy atom. The molecule has 0 radical (unpaired) electrons. The molecule has 0 aromatic heterocycles. The maximum atomic E-state index is 12.4. The minimum absolute atomic E-state index is 0.0286. The fourth-order valence-electron chi connectivity index (χ4n) is 1.69. The van der Waals surface area contributed by atoms with Crippen LogP contribution in [0.5, 0.6) is 0 Å². The molecule has 1 atom stereocenters. The molecule has 0 aromatic carbocycles. The third-order valence-corrected chi connectivity index (χ3v) is 2.48. The van der Waals surface area contributed by atoms with Crippen molar-refractivity contribution in [3.8, 4) is 0 Å². The quantitative estimate of drug-likeness (QED) is 0.724. The summed E-state index contributed by atoms with van der Waals surface area (Å²) in [7, 11) is 0. The molecule has 2 nitrogen and oxygen atoms in total. The van der Waals surface area contributed by atoms with Gasteiger partial charge in [0.2, 0.25) is 0 Å². The molecule has 1 unspecified atom stereocenters. The van der Waals surface area contributed by atoms with Crippen molar-refractivity contribution in [2.45, 2.75) is 19.0 Å². The van der Waals surface area contributed by atoms with Crippen LogP contribution in [0, 0.1) is 5.92 Å². The summed E-state index contributed by atoms with van der Waals surface area (Å²) in [5.41, 5.74) is 5.29. The van der Waals surface area contributed by atoms with Crippen molar-refractivity contribution in [3.63, 3.8) is 0 Å². The third kappa shape index (κ3) is 3.42. The van der Waals surface area contributed by atoms with Crippen LogP contribution in [0.2, 0.25) is 0 Å². The minimum atomic E-state index is -4.09. The van der Waals surface area contributed by atoms with Crippen LogP contribution in [-0.2, 0) is 0 Å². The van der Waals surface area contributed by atoms with Crippen molar-refractivity contribution in [1.29, 1.82) is 0 Å². The lowest BCUT2D eigenvalue weighted by molar-refractivity contribution is -0.185. The van der Waals surface area contributed by atoms with Crippen LogP contribution >= 0.6 is 12.2 Å². The molecular formula is C8H13F3N2S. The van der Waals surface area contributed by atoms with E-state index in [0.29, 0.717) is 19.5 Å². The zero-order chi connectivity index (χ0) is 10.8. The molecule has 6 heteroatoms. The zero-order valence-electron chi connectivity index (χ0n) is 7.68. The molecule has 0 aromatic rings. The van der Waals surface area contributed by atoms with Crippen LogP contribution in [0.4, 0.5) is 13.2 Å². The molecule has 1 rings (SSSR count). The monoisotopic (exact) mass is 226 g/mol. The average Bonchev–Trinajstić information content (AvgIpc) is 2.01. The van der Waals surface area contributed by atoms with Gasteiger partial charge in [-0.05, 0) is 19.4 Å². The van der Waals surface area contributed by atoms with Gasteiger partial charge in [0.15, 0.2) is 0 Å². The summed E-state index contributed by atoms with van der Waals surface area (Å²) < 4.78 is 37.1. The second kappa shape index (κ2) is 4.44. The molecule has 14 heavy (non-hydrogen) atoms. The van der Waals surface area contributed by atoms with Crippen molar-refractivity contribution in [2.75, 3.05) is 19.6 Å². The number of halogens is 3. The number of alkyl halides is 3. The highest BCUT2D eigenvalue weighted by Gasteiger charge is 2.41. The number of hydrogen-bond acceptors (Lipinski definition) is 2. The van der Waals surface area contributed by atoms with E-state index in [2.05, 4.69) is 12.2 Å². The Hall–Kier alpha value is -0.360. The van der Waals surface area contributed by atoms with Gasteiger partial charge in [0.1, 0.15) is 0 Å². The second-order valence-corrected chi connectivity index (χ2v) is 4.11. The molecule has 0 spiro atoms. The Bertz CT molecular complexity index is 217. The smallest absolute Gasteiger partial charge is 0.392 e. The Kier molecular flexibility index (Phi) is 3.71. The van der Waals surface area contributed by atoms with E-state index in [1.165, 1.54) is 0 Å². The van der Waals surface area contributed by atoms with Crippen molar-refractivity contribution < 1.29 is 13.2 Å². The predicted octanol–water partition coefficient (Wildman–Crippen LogP) is 1.55. The summed E-state index contributed by atoms with van der Waals surface area (Å²) in [4.78, 5) is 1.93. The molecule has 0 bridgehead atoms. The van der Waals surface area contributed by atoms with Crippen LogP contribution in [0.15, 0.2) is 0 Å². The largest absolute Gasteiger partial charge is 0.393 e. The molecule has 0 aliphatic carbocycles.